The monoisotopic (exact) mass is 495 g/mol. The zero-order valence-electron chi connectivity index (χ0n) is 19.2. The number of hydrogen-bond acceptors (Lipinski definition) is 0. The molecule has 148 valence electrons. The molecule has 0 saturated carbocycles. The van der Waals surface area contributed by atoms with Crippen molar-refractivity contribution in [2.45, 2.75) is 96.7 Å². The van der Waals surface area contributed by atoms with Gasteiger partial charge in [-0.1, -0.05) is 0 Å². The third-order valence-corrected chi connectivity index (χ3v) is 47.0. The first-order chi connectivity index (χ1) is 11.3. The molecule has 5 heteroatoms. The van der Waals surface area contributed by atoms with Crippen molar-refractivity contribution in [2.24, 2.45) is 21.7 Å². The van der Waals surface area contributed by atoms with Crippen molar-refractivity contribution in [3.05, 3.63) is 0 Å². The van der Waals surface area contributed by atoms with Gasteiger partial charge in [0.25, 0.3) is 0 Å². The van der Waals surface area contributed by atoms with Gasteiger partial charge >= 0.3 is 174 Å². The van der Waals surface area contributed by atoms with E-state index in [4.69, 9.17) is 0 Å². The molecule has 0 N–H and O–H groups in total. The molecule has 0 aliphatic carbocycles. The van der Waals surface area contributed by atoms with E-state index in [9.17, 15) is 0 Å². The van der Waals surface area contributed by atoms with Crippen LogP contribution in [0.5, 0.6) is 0 Å². The fourth-order valence-electron chi connectivity index (χ4n) is 7.08. The third-order valence-electron chi connectivity index (χ3n) is 7.35. The minimum absolute atomic E-state index is 0.00958. The summed E-state index contributed by atoms with van der Waals surface area (Å²) in [5.74, 6) is -0.875. The van der Waals surface area contributed by atoms with Crippen LogP contribution in [-0.2, 0) is 0 Å². The van der Waals surface area contributed by atoms with Crippen LogP contribution in [0, 0.1) is 21.7 Å². The fraction of sp³-hybridized carbons (Fsp3) is 0.952. The van der Waals surface area contributed by atoms with Gasteiger partial charge in [-0.2, -0.15) is 0 Å². The van der Waals surface area contributed by atoms with Gasteiger partial charge in [-0.3, -0.25) is 0 Å². The first-order valence-corrected chi connectivity index (χ1v) is 19.7. The molecule has 5 heterocycles. The summed E-state index contributed by atoms with van der Waals surface area (Å²) < 4.78 is 0.734. The first kappa shape index (κ1) is 21.2. The Morgan fingerprint density at radius 2 is 1.23 bits per heavy atom. The van der Waals surface area contributed by atoms with E-state index in [2.05, 4.69) is 89.7 Å². The second kappa shape index (κ2) is 4.90. The van der Waals surface area contributed by atoms with Gasteiger partial charge < -0.3 is 0 Å². The summed E-state index contributed by atoms with van der Waals surface area (Å²) in [4.78, 5) is 1.43. The number of rotatable bonds is 0. The molecule has 0 spiro atoms. The zero-order chi connectivity index (χ0) is 20.1. The summed E-state index contributed by atoms with van der Waals surface area (Å²) in [7, 11) is 1.95. The van der Waals surface area contributed by atoms with Gasteiger partial charge in [0.1, 0.15) is 0 Å². The van der Waals surface area contributed by atoms with Crippen molar-refractivity contribution in [1.82, 2.24) is 0 Å². The van der Waals surface area contributed by atoms with Gasteiger partial charge in [0.2, 0.25) is 0 Å². The molecular weight excluding hydrogens is 455 g/mol. The van der Waals surface area contributed by atoms with Crippen LogP contribution in [0.4, 0.5) is 0 Å². The van der Waals surface area contributed by atoms with Crippen LogP contribution in [0.15, 0.2) is 0 Å². The van der Waals surface area contributed by atoms with Gasteiger partial charge in [0, 0.05) is 0 Å². The van der Waals surface area contributed by atoms with Gasteiger partial charge in [-0.25, -0.2) is 0 Å². The molecule has 4 saturated heterocycles. The Labute approximate surface area is 173 Å². The molecule has 0 nitrogen and oxygen atoms in total. The molecule has 0 aromatic heterocycles. The molecular formula is C21H39P4Se+. The Bertz CT molecular complexity index is 731. The fourth-order valence-corrected chi connectivity index (χ4v) is 74.5. The molecule has 26 heavy (non-hydrogen) atoms. The average molecular weight is 494 g/mol. The molecule has 6 unspecified atom stereocenters. The van der Waals surface area contributed by atoms with Crippen LogP contribution >= 0.6 is 29.4 Å². The van der Waals surface area contributed by atoms with E-state index in [1.807, 2.05) is 12.9 Å². The second-order valence-electron chi connectivity index (χ2n) is 13.0. The molecule has 0 aromatic rings. The summed E-state index contributed by atoms with van der Waals surface area (Å²) in [5, 5.41) is 2.03. The Balaban J connectivity index is 2.11. The molecule has 6 bridgehead atoms. The number of hydrogen-bond donors (Lipinski definition) is 0. The van der Waals surface area contributed by atoms with Crippen LogP contribution in [0.25, 0.3) is 0 Å². The maximum atomic E-state index is 2.88. The summed E-state index contributed by atoms with van der Waals surface area (Å²) in [5.41, 5.74) is 1.84. The third kappa shape index (κ3) is 1.69. The second-order valence-corrected chi connectivity index (χ2v) is 33.1. The molecule has 5 rings (SSSR count). The molecule has 4 fully saturated rings. The van der Waals surface area contributed by atoms with Gasteiger partial charge in [0.05, 0.1) is 0 Å². The molecule has 6 atom stereocenters. The van der Waals surface area contributed by atoms with E-state index in [1.54, 1.807) is 0 Å². The normalized spacial score (nSPS) is 50.3. The Hall–Kier alpha value is 1.98. The van der Waals surface area contributed by atoms with Crippen LogP contribution in [-0.4, -0.2) is 39.8 Å². The quantitative estimate of drug-likeness (QED) is 0.234. The van der Waals surface area contributed by atoms with E-state index in [1.165, 1.54) is 0 Å². The predicted molar refractivity (Wildman–Crippen MR) is 130 cm³/mol. The van der Waals surface area contributed by atoms with Gasteiger partial charge in [-0.15, -0.1) is 0 Å². The molecule has 0 aromatic carbocycles. The summed E-state index contributed by atoms with van der Waals surface area (Å²) in [6.45, 7) is 34.2. The Morgan fingerprint density at radius 3 is 1.58 bits per heavy atom. The summed E-state index contributed by atoms with van der Waals surface area (Å²) >= 11 is 0.885. The van der Waals surface area contributed by atoms with E-state index in [-0.39, 0.29) is 15.5 Å². The molecule has 0 radical (unpaired) electrons. The van der Waals surface area contributed by atoms with Crippen molar-refractivity contribution in [3.8, 4) is 0 Å². The summed E-state index contributed by atoms with van der Waals surface area (Å²) in [6.07, 6.45) is 0. The van der Waals surface area contributed by atoms with Gasteiger partial charge in [0.15, 0.2) is 0 Å². The molecule has 5 aliphatic heterocycles. The van der Waals surface area contributed by atoms with Crippen molar-refractivity contribution in [3.63, 3.8) is 0 Å². The first-order valence-electron chi connectivity index (χ1n) is 10.1. The van der Waals surface area contributed by atoms with Crippen molar-refractivity contribution in [1.29, 1.82) is 0 Å². The molecule has 5 aliphatic rings. The Morgan fingerprint density at radius 1 is 0.769 bits per heavy atom. The van der Waals surface area contributed by atoms with Crippen LogP contribution in [0.1, 0.15) is 83.1 Å². The van der Waals surface area contributed by atoms with Gasteiger partial charge in [-0.05, 0) is 0 Å². The molecule has 0 amide bonds. The minimum atomic E-state index is -0.875. The SMILES string of the molecule is CC(C)(C)C1=PP2C3(C(C)(C)C)[Se][P+]4(C)C2(C(C)(C)C)C4(C(C)(C)C)P13. The van der Waals surface area contributed by atoms with E-state index in [0.29, 0.717) is 26.6 Å². The maximum absolute atomic E-state index is 2.88. The standard InChI is InChI=1S/C21H39P4Se/c1-15(2,3)14-22-24-20(17(7,8)9)19(16(4,5)6)23(14)21(24,18(10,11)12)26-25(19,20)13/h1-13H3/q+1. The van der Waals surface area contributed by atoms with Crippen LogP contribution in [0.3, 0.4) is 0 Å². The Kier molecular flexibility index (Phi) is 4.00. The predicted octanol–water partition coefficient (Wildman–Crippen LogP) is 8.49. The zero-order valence-corrected chi connectivity index (χ0v) is 24.5. The topological polar surface area (TPSA) is 0 Å². The van der Waals surface area contributed by atoms with E-state index < -0.39 is 5.95 Å². The van der Waals surface area contributed by atoms with Crippen LogP contribution < -0.4 is 0 Å². The summed E-state index contributed by atoms with van der Waals surface area (Å²) in [6, 6.07) is 0. The van der Waals surface area contributed by atoms with Crippen molar-refractivity contribution < 1.29 is 0 Å². The van der Waals surface area contributed by atoms with Crippen molar-refractivity contribution >= 4 is 48.9 Å². The van der Waals surface area contributed by atoms with Crippen molar-refractivity contribution in [2.75, 3.05) is 6.66 Å². The van der Waals surface area contributed by atoms with E-state index >= 15 is 0 Å². The van der Waals surface area contributed by atoms with E-state index in [0.717, 1.165) is 23.2 Å². The average Bonchev–Trinajstić information content (AvgIpc) is 2.70. The van der Waals surface area contributed by atoms with Crippen LogP contribution in [0.2, 0.25) is 0 Å².